The van der Waals surface area contributed by atoms with Crippen LogP contribution in [0.25, 0.3) is 0 Å². The first-order chi connectivity index (χ1) is 2.41. The van der Waals surface area contributed by atoms with Gasteiger partial charge in [-0.15, -0.1) is 0 Å². The van der Waals surface area contributed by atoms with Gasteiger partial charge in [0.15, 0.2) is 0 Å². The van der Waals surface area contributed by atoms with Crippen LogP contribution < -0.4 is 0 Å². The third kappa shape index (κ3) is 4.79. The summed E-state index contributed by atoms with van der Waals surface area (Å²) in [4.78, 5) is 0. The molecule has 0 aromatic heterocycles. The summed E-state index contributed by atoms with van der Waals surface area (Å²) in [6.07, 6.45) is 0. The van der Waals surface area contributed by atoms with E-state index in [-0.39, 0.29) is 0 Å². The molecule has 0 aliphatic heterocycles. The number of hydrogen-bond acceptors (Lipinski definition) is 2. The molecule has 0 saturated heterocycles. The second-order valence-electron chi connectivity index (χ2n) is 0.568. The van der Waals surface area contributed by atoms with Crippen LogP contribution >= 0.6 is 0 Å². The molecule has 0 fully saturated rings. The molecule has 0 atom stereocenters. The van der Waals surface area contributed by atoms with Gasteiger partial charge in [-0.1, -0.05) is 0 Å². The molecule has 5 heavy (non-hydrogen) atoms. The van der Waals surface area contributed by atoms with Crippen molar-refractivity contribution in [3.63, 3.8) is 0 Å². The predicted molar refractivity (Wildman–Crippen MR) is 19.8 cm³/mol. The van der Waals surface area contributed by atoms with Crippen molar-refractivity contribution in [1.82, 2.24) is 0 Å². The van der Waals surface area contributed by atoms with E-state index in [1.54, 1.807) is 14.2 Å². The zero-order chi connectivity index (χ0) is 4.12. The van der Waals surface area contributed by atoms with Crippen LogP contribution in [0, 0.1) is 0 Å². The van der Waals surface area contributed by atoms with Gasteiger partial charge in [0, 0.05) is 0 Å². The third-order valence-electron chi connectivity index (χ3n) is 0.192. The Morgan fingerprint density at radius 1 is 1.20 bits per heavy atom. The van der Waals surface area contributed by atoms with Crippen LogP contribution in [0.2, 0.25) is 0 Å². The van der Waals surface area contributed by atoms with E-state index in [1.165, 1.54) is 0 Å². The van der Waals surface area contributed by atoms with Gasteiger partial charge < -0.3 is 0 Å². The quantitative estimate of drug-likeness (QED) is 0.581. The molecule has 0 aliphatic rings. The molecule has 0 aromatic rings. The minimum absolute atomic E-state index is 0.920. The van der Waals surface area contributed by atoms with E-state index in [0.29, 0.717) is 0 Å². The Kier molecular flexibility index (Phi) is 5.55. The Labute approximate surface area is 44.0 Å². The predicted octanol–water partition coefficient (Wildman–Crippen LogP) is -0.187. The van der Waals surface area contributed by atoms with E-state index in [2.05, 4.69) is 5.71 Å². The van der Waals surface area contributed by atoms with Crippen molar-refractivity contribution in [1.29, 1.82) is 0 Å². The second-order valence-corrected chi connectivity index (χ2v) is 3.81. The average Bonchev–Trinajstić information content (AvgIpc) is 1.41. The Morgan fingerprint density at radius 2 is 1.60 bits per heavy atom. The summed E-state index contributed by atoms with van der Waals surface area (Å²) < 4.78 is 9.32. The number of rotatable bonds is 2. The van der Waals surface area contributed by atoms with Crippen molar-refractivity contribution < 1.29 is 5.71 Å². The summed E-state index contributed by atoms with van der Waals surface area (Å²) in [6, 6.07) is 0. The Balaban J connectivity index is 2.19. The summed E-state index contributed by atoms with van der Waals surface area (Å²) in [5, 5.41) is 0. The molecule has 0 spiro atoms. The second kappa shape index (κ2) is 4.79. The van der Waals surface area contributed by atoms with Crippen LogP contribution in [0.5, 0.6) is 0 Å². The Morgan fingerprint density at radius 3 is 1.60 bits per heavy atom. The summed E-state index contributed by atoms with van der Waals surface area (Å²) in [6.45, 7) is 0. The molecule has 0 unspecified atom stereocenters. The molecule has 0 heterocycles. The SMILES string of the molecule is C[O][In][O]C. The Bertz CT molecular complexity index is 15.1. The molecule has 29 valence electrons. The van der Waals surface area contributed by atoms with Crippen LogP contribution in [0.15, 0.2) is 0 Å². The fraction of sp³-hybridized carbons (Fsp3) is 1.00. The molecule has 0 N–H and O–H groups in total. The maximum atomic E-state index is 4.66. The van der Waals surface area contributed by atoms with Crippen LogP contribution in [-0.2, 0) is 5.71 Å². The van der Waals surface area contributed by atoms with Crippen LogP contribution in [0.1, 0.15) is 0 Å². The molecule has 0 bridgehead atoms. The van der Waals surface area contributed by atoms with Gasteiger partial charge >= 0.3 is 43.7 Å². The first-order valence-electron chi connectivity index (χ1n) is 1.29. The molecule has 1 radical (unpaired) electrons. The standard InChI is InChI=1S/2CH3O.In/c2*1-2;/h2*1H3;/q2*-1;+2. The normalized spacial score (nSPS) is 7.60. The molecule has 3 heteroatoms. The fourth-order valence-electron chi connectivity index (χ4n) is 0.0962. The van der Waals surface area contributed by atoms with Gasteiger partial charge in [0.25, 0.3) is 0 Å². The van der Waals surface area contributed by atoms with E-state index < -0.39 is 23.8 Å². The Hall–Kier alpha value is 0.790. The van der Waals surface area contributed by atoms with E-state index in [1.807, 2.05) is 0 Å². The summed E-state index contributed by atoms with van der Waals surface area (Å²) in [7, 11) is 3.34. The van der Waals surface area contributed by atoms with Crippen molar-refractivity contribution in [3.8, 4) is 0 Å². The molecule has 2 nitrogen and oxygen atoms in total. The van der Waals surface area contributed by atoms with Gasteiger partial charge in [0.1, 0.15) is 0 Å². The average molecular weight is 177 g/mol. The van der Waals surface area contributed by atoms with Gasteiger partial charge in [-0.2, -0.15) is 0 Å². The summed E-state index contributed by atoms with van der Waals surface area (Å²) >= 11 is -0.920. The van der Waals surface area contributed by atoms with Gasteiger partial charge in [-0.3, -0.25) is 0 Å². The molecule has 0 amide bonds. The summed E-state index contributed by atoms with van der Waals surface area (Å²) in [5.41, 5.74) is 0. The maximum absolute atomic E-state index is 4.66. The van der Waals surface area contributed by atoms with Crippen molar-refractivity contribution in [2.75, 3.05) is 14.2 Å². The van der Waals surface area contributed by atoms with Crippen molar-refractivity contribution in [2.45, 2.75) is 0 Å². The van der Waals surface area contributed by atoms with Gasteiger partial charge in [0.05, 0.1) is 0 Å². The zero-order valence-corrected chi connectivity index (χ0v) is 6.69. The van der Waals surface area contributed by atoms with Crippen molar-refractivity contribution >= 4 is 23.8 Å². The number of hydrogen-bond donors (Lipinski definition) is 0. The topological polar surface area (TPSA) is 18.5 Å². The summed E-state index contributed by atoms with van der Waals surface area (Å²) in [5.74, 6) is 0. The van der Waals surface area contributed by atoms with E-state index in [4.69, 9.17) is 0 Å². The van der Waals surface area contributed by atoms with Gasteiger partial charge in [-0.05, 0) is 0 Å². The molecule has 0 saturated carbocycles. The van der Waals surface area contributed by atoms with Gasteiger partial charge in [-0.25, -0.2) is 0 Å². The molecule has 0 aliphatic carbocycles. The van der Waals surface area contributed by atoms with Crippen molar-refractivity contribution in [3.05, 3.63) is 0 Å². The minimum atomic E-state index is -0.920. The molecule has 0 aromatic carbocycles. The van der Waals surface area contributed by atoms with Crippen LogP contribution in [0.3, 0.4) is 0 Å². The molecular weight excluding hydrogens is 171 g/mol. The molecular formula is C2H6InO2. The van der Waals surface area contributed by atoms with Gasteiger partial charge in [0.2, 0.25) is 0 Å². The third-order valence-corrected chi connectivity index (χ3v) is 1.29. The van der Waals surface area contributed by atoms with Crippen LogP contribution in [-0.4, -0.2) is 38.0 Å². The first kappa shape index (κ1) is 5.79. The fourth-order valence-corrected chi connectivity index (χ4v) is 0.645. The van der Waals surface area contributed by atoms with E-state index >= 15 is 0 Å². The van der Waals surface area contributed by atoms with E-state index in [0.717, 1.165) is 0 Å². The monoisotopic (exact) mass is 177 g/mol. The zero-order valence-electron chi connectivity index (χ0n) is 3.39. The van der Waals surface area contributed by atoms with Crippen molar-refractivity contribution in [2.24, 2.45) is 0 Å². The van der Waals surface area contributed by atoms with E-state index in [9.17, 15) is 0 Å². The van der Waals surface area contributed by atoms with Crippen LogP contribution in [0.4, 0.5) is 0 Å². The first-order valence-corrected chi connectivity index (χ1v) is 3.98. The molecule has 0 rings (SSSR count).